The second kappa shape index (κ2) is 4.87. The first kappa shape index (κ1) is 13.3. The van der Waals surface area contributed by atoms with E-state index in [1.54, 1.807) is 0 Å². The van der Waals surface area contributed by atoms with E-state index in [4.69, 9.17) is 0 Å². The van der Waals surface area contributed by atoms with Crippen LogP contribution in [0.15, 0.2) is 0 Å². The highest BCUT2D eigenvalue weighted by molar-refractivity contribution is 4.93. The summed E-state index contributed by atoms with van der Waals surface area (Å²) in [6.07, 6.45) is 2.72. The standard InChI is InChI=1S/C14H27NO2/c1-14(2,3)13(17)6-7-15-8-10-4-5-12(16)11(10)9-15/h10-13,16-17H,4-9H2,1-3H3. The summed E-state index contributed by atoms with van der Waals surface area (Å²) in [5.41, 5.74) is -0.0187. The van der Waals surface area contributed by atoms with Crippen molar-refractivity contribution in [3.05, 3.63) is 0 Å². The van der Waals surface area contributed by atoms with Crippen LogP contribution in [0.3, 0.4) is 0 Å². The molecule has 2 N–H and O–H groups in total. The fraction of sp³-hybridized carbons (Fsp3) is 1.00. The summed E-state index contributed by atoms with van der Waals surface area (Å²) in [6.45, 7) is 9.37. The Kier molecular flexibility index (Phi) is 3.81. The Morgan fingerprint density at radius 2 is 1.94 bits per heavy atom. The lowest BCUT2D eigenvalue weighted by Crippen LogP contribution is -2.32. The van der Waals surface area contributed by atoms with Gasteiger partial charge in [0.1, 0.15) is 0 Å². The molecular weight excluding hydrogens is 214 g/mol. The minimum Gasteiger partial charge on any atom is -0.393 e. The van der Waals surface area contributed by atoms with Gasteiger partial charge in [0.05, 0.1) is 12.2 Å². The second-order valence-corrected chi connectivity index (χ2v) is 7.00. The number of aliphatic hydroxyl groups is 2. The molecule has 0 bridgehead atoms. The molecule has 1 aliphatic carbocycles. The molecule has 1 aliphatic heterocycles. The third-order valence-electron chi connectivity index (χ3n) is 4.61. The van der Waals surface area contributed by atoms with Crippen molar-refractivity contribution in [2.75, 3.05) is 19.6 Å². The van der Waals surface area contributed by atoms with Crippen LogP contribution >= 0.6 is 0 Å². The van der Waals surface area contributed by atoms with Crippen molar-refractivity contribution in [1.82, 2.24) is 4.90 Å². The van der Waals surface area contributed by atoms with E-state index in [1.165, 1.54) is 6.42 Å². The van der Waals surface area contributed by atoms with Gasteiger partial charge < -0.3 is 15.1 Å². The largest absolute Gasteiger partial charge is 0.393 e. The number of fused-ring (bicyclic) bond motifs is 1. The van der Waals surface area contributed by atoms with E-state index in [9.17, 15) is 10.2 Å². The molecule has 100 valence electrons. The highest BCUT2D eigenvalue weighted by Crippen LogP contribution is 2.38. The van der Waals surface area contributed by atoms with Crippen molar-refractivity contribution in [2.45, 2.75) is 52.2 Å². The molecule has 2 rings (SSSR count). The van der Waals surface area contributed by atoms with Crippen molar-refractivity contribution in [3.8, 4) is 0 Å². The van der Waals surface area contributed by atoms with Crippen LogP contribution in [0.25, 0.3) is 0 Å². The summed E-state index contributed by atoms with van der Waals surface area (Å²) in [5, 5.41) is 19.9. The van der Waals surface area contributed by atoms with Crippen molar-refractivity contribution in [1.29, 1.82) is 0 Å². The van der Waals surface area contributed by atoms with Gasteiger partial charge in [0, 0.05) is 25.6 Å². The van der Waals surface area contributed by atoms with Gasteiger partial charge in [-0.05, 0) is 30.6 Å². The molecule has 1 saturated carbocycles. The first-order valence-corrected chi connectivity index (χ1v) is 6.96. The van der Waals surface area contributed by atoms with Gasteiger partial charge in [-0.15, -0.1) is 0 Å². The average molecular weight is 241 g/mol. The van der Waals surface area contributed by atoms with Gasteiger partial charge in [0.2, 0.25) is 0 Å². The normalized spacial score (nSPS) is 36.2. The maximum Gasteiger partial charge on any atom is 0.0600 e. The minimum absolute atomic E-state index is 0.0187. The molecule has 2 fully saturated rings. The molecule has 1 saturated heterocycles. The third kappa shape index (κ3) is 3.01. The van der Waals surface area contributed by atoms with Crippen molar-refractivity contribution < 1.29 is 10.2 Å². The quantitative estimate of drug-likeness (QED) is 0.787. The molecule has 0 aromatic heterocycles. The molecule has 17 heavy (non-hydrogen) atoms. The average Bonchev–Trinajstić information content (AvgIpc) is 2.76. The van der Waals surface area contributed by atoms with Gasteiger partial charge in [0.15, 0.2) is 0 Å². The zero-order chi connectivity index (χ0) is 12.6. The van der Waals surface area contributed by atoms with Gasteiger partial charge >= 0.3 is 0 Å². The highest BCUT2D eigenvalue weighted by atomic mass is 16.3. The Morgan fingerprint density at radius 1 is 1.24 bits per heavy atom. The Balaban J connectivity index is 1.76. The van der Waals surface area contributed by atoms with Gasteiger partial charge in [-0.2, -0.15) is 0 Å². The van der Waals surface area contributed by atoms with E-state index in [1.807, 2.05) is 0 Å². The van der Waals surface area contributed by atoms with Gasteiger partial charge in [0.25, 0.3) is 0 Å². The lowest BCUT2D eigenvalue weighted by Gasteiger charge is -2.28. The van der Waals surface area contributed by atoms with E-state index in [2.05, 4.69) is 25.7 Å². The highest BCUT2D eigenvalue weighted by Gasteiger charge is 2.41. The Morgan fingerprint density at radius 3 is 2.53 bits per heavy atom. The number of rotatable bonds is 3. The summed E-state index contributed by atoms with van der Waals surface area (Å²) in [7, 11) is 0. The van der Waals surface area contributed by atoms with Crippen LogP contribution in [-0.2, 0) is 0 Å². The molecular formula is C14H27NO2. The molecule has 4 atom stereocenters. The number of nitrogens with zero attached hydrogens (tertiary/aromatic N) is 1. The monoisotopic (exact) mass is 241 g/mol. The fourth-order valence-electron chi connectivity index (χ4n) is 3.25. The van der Waals surface area contributed by atoms with Crippen LogP contribution in [0.1, 0.15) is 40.0 Å². The lowest BCUT2D eigenvalue weighted by atomic mass is 9.87. The van der Waals surface area contributed by atoms with Gasteiger partial charge in [-0.1, -0.05) is 20.8 Å². The van der Waals surface area contributed by atoms with Crippen LogP contribution in [0.5, 0.6) is 0 Å². The van der Waals surface area contributed by atoms with Crippen LogP contribution in [-0.4, -0.2) is 47.0 Å². The minimum atomic E-state index is -0.229. The Labute approximate surface area is 105 Å². The smallest absolute Gasteiger partial charge is 0.0600 e. The maximum absolute atomic E-state index is 10.0. The number of likely N-dealkylation sites (tertiary alicyclic amines) is 1. The molecule has 1 heterocycles. The molecule has 0 spiro atoms. The number of hydrogen-bond acceptors (Lipinski definition) is 3. The lowest BCUT2D eigenvalue weighted by molar-refractivity contribution is 0.0459. The summed E-state index contributed by atoms with van der Waals surface area (Å²) in [4.78, 5) is 2.42. The molecule has 0 amide bonds. The first-order valence-electron chi connectivity index (χ1n) is 6.96. The molecule has 3 heteroatoms. The Hall–Kier alpha value is -0.120. The Bertz CT molecular complexity index is 261. The maximum atomic E-state index is 10.0. The molecule has 0 aromatic carbocycles. The number of aliphatic hydroxyl groups excluding tert-OH is 2. The third-order valence-corrected chi connectivity index (χ3v) is 4.61. The molecule has 0 aromatic rings. The van der Waals surface area contributed by atoms with Gasteiger partial charge in [-0.3, -0.25) is 0 Å². The van der Waals surface area contributed by atoms with E-state index in [0.717, 1.165) is 32.5 Å². The second-order valence-electron chi connectivity index (χ2n) is 7.00. The van der Waals surface area contributed by atoms with E-state index in [0.29, 0.717) is 11.8 Å². The van der Waals surface area contributed by atoms with E-state index < -0.39 is 0 Å². The molecule has 4 unspecified atom stereocenters. The van der Waals surface area contributed by atoms with E-state index in [-0.39, 0.29) is 17.6 Å². The zero-order valence-electron chi connectivity index (χ0n) is 11.4. The van der Waals surface area contributed by atoms with Crippen LogP contribution in [0, 0.1) is 17.3 Å². The van der Waals surface area contributed by atoms with E-state index >= 15 is 0 Å². The zero-order valence-corrected chi connectivity index (χ0v) is 11.4. The summed E-state index contributed by atoms with van der Waals surface area (Å²) in [6, 6.07) is 0. The molecule has 2 aliphatic rings. The van der Waals surface area contributed by atoms with Crippen LogP contribution in [0.2, 0.25) is 0 Å². The number of hydrogen-bond donors (Lipinski definition) is 2. The molecule has 0 radical (unpaired) electrons. The predicted octanol–water partition coefficient (Wildman–Crippen LogP) is 1.49. The predicted molar refractivity (Wildman–Crippen MR) is 68.7 cm³/mol. The fourth-order valence-corrected chi connectivity index (χ4v) is 3.25. The van der Waals surface area contributed by atoms with Crippen molar-refractivity contribution >= 4 is 0 Å². The summed E-state index contributed by atoms with van der Waals surface area (Å²) in [5.74, 6) is 1.21. The van der Waals surface area contributed by atoms with Crippen molar-refractivity contribution in [3.63, 3.8) is 0 Å². The van der Waals surface area contributed by atoms with Crippen LogP contribution < -0.4 is 0 Å². The SMILES string of the molecule is CC(C)(C)C(O)CCN1CC2CCC(O)C2C1. The first-order chi connectivity index (χ1) is 7.88. The topological polar surface area (TPSA) is 43.7 Å². The van der Waals surface area contributed by atoms with Crippen molar-refractivity contribution in [2.24, 2.45) is 17.3 Å². The van der Waals surface area contributed by atoms with Gasteiger partial charge in [-0.25, -0.2) is 0 Å². The van der Waals surface area contributed by atoms with Crippen LogP contribution in [0.4, 0.5) is 0 Å². The summed E-state index contributed by atoms with van der Waals surface area (Å²) >= 11 is 0. The summed E-state index contributed by atoms with van der Waals surface area (Å²) < 4.78 is 0. The molecule has 3 nitrogen and oxygen atoms in total.